The monoisotopic (exact) mass is 432 g/mol. The number of hydrogen-bond acceptors (Lipinski definition) is 5. The van der Waals surface area contributed by atoms with Gasteiger partial charge in [0.1, 0.15) is 5.75 Å². The van der Waals surface area contributed by atoms with Gasteiger partial charge >= 0.3 is 0 Å². The molecule has 7 rings (SSSR count). The molecule has 166 valence electrons. The third-order valence-corrected chi connectivity index (χ3v) is 7.87. The van der Waals surface area contributed by atoms with E-state index in [1.807, 2.05) is 36.5 Å². The van der Waals surface area contributed by atoms with Crippen LogP contribution in [0.5, 0.6) is 5.75 Å². The average molecular weight is 433 g/mol. The molecule has 4 fully saturated rings. The number of para-hydroxylation sites is 1. The molecule has 4 saturated carbocycles. The fourth-order valence-electron chi connectivity index (χ4n) is 6.81. The molecule has 3 aromatic rings. The summed E-state index contributed by atoms with van der Waals surface area (Å²) in [7, 11) is 1.66. The lowest BCUT2D eigenvalue weighted by molar-refractivity contribution is -0.129. The predicted octanol–water partition coefficient (Wildman–Crippen LogP) is 3.46. The summed E-state index contributed by atoms with van der Waals surface area (Å²) in [4.78, 5) is 12.3. The molecule has 4 aliphatic rings. The van der Waals surface area contributed by atoms with Gasteiger partial charge in [-0.05, 0) is 62.0 Å². The maximum absolute atomic E-state index is 12.3. The Morgan fingerprint density at radius 2 is 2.00 bits per heavy atom. The molecule has 1 amide bonds. The minimum absolute atomic E-state index is 0.223. The summed E-state index contributed by atoms with van der Waals surface area (Å²) in [5.41, 5.74) is 9.12. The summed E-state index contributed by atoms with van der Waals surface area (Å²) in [5.74, 6) is 1.72. The highest BCUT2D eigenvalue weighted by Gasteiger charge is 2.54. The van der Waals surface area contributed by atoms with Gasteiger partial charge in [0.05, 0.1) is 35.7 Å². The van der Waals surface area contributed by atoms with Crippen LogP contribution >= 0.6 is 0 Å². The molecule has 7 heteroatoms. The number of carbonyl (C=O) groups excluding carboxylic acids is 1. The molecule has 2 unspecified atom stereocenters. The molecule has 0 aliphatic heterocycles. The van der Waals surface area contributed by atoms with Gasteiger partial charge in [0.2, 0.25) is 0 Å². The highest BCUT2D eigenvalue weighted by Crippen LogP contribution is 2.56. The largest absolute Gasteiger partial charge is 0.496 e. The van der Waals surface area contributed by atoms with Crippen LogP contribution in [0.3, 0.4) is 0 Å². The first kappa shape index (κ1) is 19.6. The molecular weight excluding hydrogens is 404 g/mol. The number of nitrogens with two attached hydrogens (primary N) is 1. The van der Waals surface area contributed by atoms with E-state index in [-0.39, 0.29) is 6.04 Å². The van der Waals surface area contributed by atoms with Gasteiger partial charge in [-0.25, -0.2) is 4.52 Å². The lowest BCUT2D eigenvalue weighted by atomic mass is 9.52. The molecule has 0 radical (unpaired) electrons. The van der Waals surface area contributed by atoms with Crippen LogP contribution in [-0.4, -0.2) is 39.4 Å². The molecule has 4 aliphatic carbocycles. The van der Waals surface area contributed by atoms with E-state index in [1.165, 1.54) is 0 Å². The van der Waals surface area contributed by atoms with Crippen LogP contribution in [0.1, 0.15) is 42.5 Å². The summed E-state index contributed by atoms with van der Waals surface area (Å²) < 4.78 is 7.33. The minimum atomic E-state index is -0.499. The number of nitrogens with one attached hydrogen (secondary N) is 1. The van der Waals surface area contributed by atoms with Crippen molar-refractivity contribution in [2.24, 2.45) is 23.5 Å². The number of primary amides is 1. The Morgan fingerprint density at radius 1 is 1.25 bits per heavy atom. The number of benzene rings is 1. The predicted molar refractivity (Wildman–Crippen MR) is 122 cm³/mol. The number of fused-ring (bicyclic) bond motifs is 1. The van der Waals surface area contributed by atoms with Crippen molar-refractivity contribution in [1.82, 2.24) is 9.61 Å². The van der Waals surface area contributed by atoms with Crippen molar-refractivity contribution >= 4 is 17.1 Å². The van der Waals surface area contributed by atoms with E-state index in [0.717, 1.165) is 60.2 Å². The van der Waals surface area contributed by atoms with Crippen LogP contribution < -0.4 is 15.8 Å². The van der Waals surface area contributed by atoms with Crippen molar-refractivity contribution in [3.8, 4) is 16.9 Å². The fourth-order valence-corrected chi connectivity index (χ4v) is 6.81. The second-order valence-corrected chi connectivity index (χ2v) is 9.92. The maximum atomic E-state index is 12.3. The molecular formula is C25H28N4O3. The summed E-state index contributed by atoms with van der Waals surface area (Å²) in [5, 5.41) is 19.1. The lowest BCUT2D eigenvalue weighted by Crippen LogP contribution is -2.59. The van der Waals surface area contributed by atoms with Gasteiger partial charge in [-0.2, -0.15) is 5.10 Å². The topological polar surface area (TPSA) is 102 Å². The third kappa shape index (κ3) is 2.98. The standard InChI is InChI=1S/C25H28N4O3/c1-32-21-5-3-2-4-18(21)17-8-20-23(19(24(26)30)12-27-29(20)13-17)28-22-15-6-14-7-16(22)11-25(31,9-14)10-15/h2-5,8,12-16,22,28,31H,6-7,9-11H2,1H3,(H2,26,30). The second-order valence-electron chi connectivity index (χ2n) is 9.92. The molecule has 7 nitrogen and oxygen atoms in total. The number of rotatable bonds is 5. The number of aromatic nitrogens is 2. The van der Waals surface area contributed by atoms with Crippen LogP contribution in [0.25, 0.3) is 16.6 Å². The van der Waals surface area contributed by atoms with Gasteiger partial charge in [0.25, 0.3) is 5.91 Å². The average Bonchev–Trinajstić information content (AvgIpc) is 3.19. The first-order chi connectivity index (χ1) is 15.4. The van der Waals surface area contributed by atoms with Crippen molar-refractivity contribution in [2.45, 2.75) is 43.7 Å². The number of methoxy groups -OCH3 is 1. The molecule has 32 heavy (non-hydrogen) atoms. The fraction of sp³-hybridized carbons (Fsp3) is 0.440. The summed E-state index contributed by atoms with van der Waals surface area (Å²) >= 11 is 0. The van der Waals surface area contributed by atoms with E-state index in [0.29, 0.717) is 23.3 Å². The molecule has 0 spiro atoms. The normalized spacial score (nSPS) is 30.6. The minimum Gasteiger partial charge on any atom is -0.496 e. The van der Waals surface area contributed by atoms with E-state index in [1.54, 1.807) is 17.8 Å². The van der Waals surface area contributed by atoms with Crippen LogP contribution in [0.4, 0.5) is 5.69 Å². The Kier molecular flexibility index (Phi) is 4.27. The molecule has 0 saturated heterocycles. The first-order valence-electron chi connectivity index (χ1n) is 11.4. The lowest BCUT2D eigenvalue weighted by Gasteiger charge is -2.58. The molecule has 2 aromatic heterocycles. The zero-order chi connectivity index (χ0) is 22.0. The highest BCUT2D eigenvalue weighted by molar-refractivity contribution is 6.02. The van der Waals surface area contributed by atoms with Gasteiger partial charge in [-0.3, -0.25) is 4.79 Å². The Bertz CT molecular complexity index is 1200. The summed E-state index contributed by atoms with van der Waals surface area (Å²) in [6.45, 7) is 0. The van der Waals surface area contributed by atoms with E-state index in [2.05, 4.69) is 10.4 Å². The smallest absolute Gasteiger partial charge is 0.252 e. The van der Waals surface area contributed by atoms with Crippen molar-refractivity contribution in [3.63, 3.8) is 0 Å². The van der Waals surface area contributed by atoms with Gasteiger partial charge in [-0.1, -0.05) is 18.2 Å². The van der Waals surface area contributed by atoms with Gasteiger partial charge < -0.3 is 20.9 Å². The number of anilines is 1. The van der Waals surface area contributed by atoms with Gasteiger partial charge in [0.15, 0.2) is 0 Å². The second kappa shape index (κ2) is 6.97. The quantitative estimate of drug-likeness (QED) is 0.573. The number of carbonyl (C=O) groups is 1. The summed E-state index contributed by atoms with van der Waals surface area (Å²) in [6, 6.07) is 10.1. The highest BCUT2D eigenvalue weighted by atomic mass is 16.5. The van der Waals surface area contributed by atoms with Crippen molar-refractivity contribution in [1.29, 1.82) is 0 Å². The van der Waals surface area contributed by atoms with Gasteiger partial charge in [-0.15, -0.1) is 0 Å². The Labute approximate surface area is 186 Å². The van der Waals surface area contributed by atoms with E-state index < -0.39 is 11.5 Å². The molecule has 2 atom stereocenters. The molecule has 1 aromatic carbocycles. The Hall–Kier alpha value is -3.06. The number of amides is 1. The van der Waals surface area contributed by atoms with Crippen LogP contribution in [0.2, 0.25) is 0 Å². The van der Waals surface area contributed by atoms with E-state index >= 15 is 0 Å². The van der Waals surface area contributed by atoms with Crippen molar-refractivity contribution in [2.75, 3.05) is 12.4 Å². The number of nitrogens with zero attached hydrogens (tertiary/aromatic N) is 2. The maximum Gasteiger partial charge on any atom is 0.252 e. The Morgan fingerprint density at radius 3 is 2.69 bits per heavy atom. The zero-order valence-electron chi connectivity index (χ0n) is 18.1. The van der Waals surface area contributed by atoms with E-state index in [9.17, 15) is 9.90 Å². The van der Waals surface area contributed by atoms with Crippen LogP contribution in [0.15, 0.2) is 42.7 Å². The first-order valence-corrected chi connectivity index (χ1v) is 11.4. The zero-order valence-corrected chi connectivity index (χ0v) is 18.1. The van der Waals surface area contributed by atoms with Crippen LogP contribution in [0, 0.1) is 17.8 Å². The third-order valence-electron chi connectivity index (χ3n) is 7.87. The molecule has 2 heterocycles. The number of aliphatic hydroxyl groups is 1. The van der Waals surface area contributed by atoms with Crippen molar-refractivity contribution in [3.05, 3.63) is 48.3 Å². The Balaban J connectivity index is 1.43. The van der Waals surface area contributed by atoms with Crippen LogP contribution in [-0.2, 0) is 0 Å². The number of ether oxygens (including phenoxy) is 1. The SMILES string of the molecule is COc1ccccc1-c1cc2c(NC3C4CC5CC3CC(O)(C5)C4)c(C(N)=O)cnn2c1. The van der Waals surface area contributed by atoms with Gasteiger partial charge in [0, 0.05) is 23.4 Å². The van der Waals surface area contributed by atoms with E-state index in [4.69, 9.17) is 10.5 Å². The number of hydrogen-bond donors (Lipinski definition) is 3. The van der Waals surface area contributed by atoms with Crippen molar-refractivity contribution < 1.29 is 14.6 Å². The molecule has 4 N–H and O–H groups in total. The summed E-state index contributed by atoms with van der Waals surface area (Å²) in [6.07, 6.45) is 8.38. The molecule has 4 bridgehead atoms.